The predicted octanol–water partition coefficient (Wildman–Crippen LogP) is 4.66. The molecule has 0 saturated heterocycles. The lowest BCUT2D eigenvalue weighted by Gasteiger charge is -2.08. The van der Waals surface area contributed by atoms with E-state index in [1.54, 1.807) is 0 Å². The summed E-state index contributed by atoms with van der Waals surface area (Å²) in [5.74, 6) is -0.719. The van der Waals surface area contributed by atoms with Gasteiger partial charge in [-0.2, -0.15) is 0 Å². The van der Waals surface area contributed by atoms with Gasteiger partial charge in [-0.3, -0.25) is 14.9 Å². The first-order valence-electron chi connectivity index (χ1n) is 8.87. The van der Waals surface area contributed by atoms with Gasteiger partial charge in [-0.1, -0.05) is 58.4 Å². The van der Waals surface area contributed by atoms with Crippen molar-refractivity contribution in [3.63, 3.8) is 0 Å². The summed E-state index contributed by atoms with van der Waals surface area (Å²) in [6.07, 6.45) is 1.91. The number of benzene rings is 3. The highest BCUT2D eigenvalue weighted by atomic mass is 79.9. The lowest BCUT2D eigenvalue weighted by molar-refractivity contribution is -0.122. The fourth-order valence-corrected chi connectivity index (χ4v) is 4.34. The van der Waals surface area contributed by atoms with Crippen molar-refractivity contribution < 1.29 is 9.59 Å². The van der Waals surface area contributed by atoms with Gasteiger partial charge in [0.25, 0.3) is 11.8 Å². The zero-order valence-corrected chi connectivity index (χ0v) is 16.6. The molecule has 2 heterocycles. The Morgan fingerprint density at radius 1 is 0.821 bits per heavy atom. The van der Waals surface area contributed by atoms with Gasteiger partial charge < -0.3 is 4.57 Å². The molecule has 1 aliphatic rings. The van der Waals surface area contributed by atoms with E-state index >= 15 is 0 Å². The molecule has 5 heteroatoms. The maximum absolute atomic E-state index is 12.8. The Balaban J connectivity index is 1.88. The number of amides is 2. The highest BCUT2D eigenvalue weighted by Gasteiger charge is 2.34. The molecule has 4 nitrogen and oxygen atoms in total. The minimum atomic E-state index is -0.361. The van der Waals surface area contributed by atoms with E-state index < -0.39 is 0 Å². The van der Waals surface area contributed by atoms with Crippen LogP contribution >= 0.6 is 15.9 Å². The lowest BCUT2D eigenvalue weighted by atomic mass is 9.92. The SMILES string of the molecule is Cn1cc(C2=C(c3cccc4ccccc34)C(=O)NC2=O)c2cc(Br)ccc21. The van der Waals surface area contributed by atoms with Crippen molar-refractivity contribution in [3.8, 4) is 0 Å². The van der Waals surface area contributed by atoms with Crippen molar-refractivity contribution >= 4 is 60.6 Å². The number of imide groups is 1. The quantitative estimate of drug-likeness (QED) is 0.470. The van der Waals surface area contributed by atoms with Crippen LogP contribution in [-0.2, 0) is 16.6 Å². The van der Waals surface area contributed by atoms with E-state index in [2.05, 4.69) is 21.2 Å². The summed E-state index contributed by atoms with van der Waals surface area (Å²) in [5, 5.41) is 5.40. The van der Waals surface area contributed by atoms with Gasteiger partial charge in [0.15, 0.2) is 0 Å². The van der Waals surface area contributed by atoms with E-state index in [9.17, 15) is 9.59 Å². The molecule has 5 rings (SSSR count). The fraction of sp³-hybridized carbons (Fsp3) is 0.0435. The summed E-state index contributed by atoms with van der Waals surface area (Å²) >= 11 is 3.51. The van der Waals surface area contributed by atoms with E-state index in [1.165, 1.54) is 0 Å². The fourth-order valence-electron chi connectivity index (χ4n) is 3.98. The number of nitrogens with one attached hydrogen (secondary N) is 1. The van der Waals surface area contributed by atoms with Gasteiger partial charge in [-0.25, -0.2) is 0 Å². The molecule has 4 aromatic rings. The van der Waals surface area contributed by atoms with Crippen molar-refractivity contribution in [2.24, 2.45) is 7.05 Å². The number of rotatable bonds is 2. The molecule has 0 unspecified atom stereocenters. The molecule has 0 aliphatic carbocycles. The number of fused-ring (bicyclic) bond motifs is 2. The topological polar surface area (TPSA) is 51.1 Å². The normalized spacial score (nSPS) is 14.4. The molecule has 0 saturated carbocycles. The first kappa shape index (κ1) is 17.0. The average Bonchev–Trinajstić information content (AvgIpc) is 3.16. The van der Waals surface area contributed by atoms with Crippen LogP contribution in [-0.4, -0.2) is 16.4 Å². The molecule has 0 fully saturated rings. The number of hydrogen-bond donors (Lipinski definition) is 1. The molecule has 0 atom stereocenters. The standard InChI is InChI=1S/C23H15BrN2O2/c1-26-12-18(17-11-14(24)9-10-19(17)26)21-20(22(27)25-23(21)28)16-8-4-6-13-5-2-3-7-15(13)16/h2-12H,1H3,(H,25,27,28). The third-order valence-electron chi connectivity index (χ3n) is 5.21. The van der Waals surface area contributed by atoms with Gasteiger partial charge in [0, 0.05) is 34.2 Å². The van der Waals surface area contributed by atoms with Gasteiger partial charge >= 0.3 is 0 Å². The van der Waals surface area contributed by atoms with E-state index in [-0.39, 0.29) is 11.8 Å². The summed E-state index contributed by atoms with van der Waals surface area (Å²) in [6, 6.07) is 19.6. The number of aryl methyl sites for hydroxylation is 1. The Labute approximate surface area is 169 Å². The van der Waals surface area contributed by atoms with Crippen molar-refractivity contribution in [2.75, 3.05) is 0 Å². The van der Waals surface area contributed by atoms with E-state index in [1.807, 2.05) is 78.5 Å². The third-order valence-corrected chi connectivity index (χ3v) is 5.70. The highest BCUT2D eigenvalue weighted by Crippen LogP contribution is 2.38. The first-order chi connectivity index (χ1) is 13.5. The highest BCUT2D eigenvalue weighted by molar-refractivity contribution is 9.10. The molecule has 1 N–H and O–H groups in total. The van der Waals surface area contributed by atoms with Crippen molar-refractivity contribution in [3.05, 3.63) is 82.5 Å². The molecule has 3 aromatic carbocycles. The Kier molecular flexibility index (Phi) is 3.74. The average molecular weight is 431 g/mol. The van der Waals surface area contributed by atoms with Gasteiger partial charge in [-0.05, 0) is 34.5 Å². The second-order valence-electron chi connectivity index (χ2n) is 6.88. The van der Waals surface area contributed by atoms with Gasteiger partial charge in [0.05, 0.1) is 11.1 Å². The number of aromatic nitrogens is 1. The summed E-state index contributed by atoms with van der Waals surface area (Å²) < 4.78 is 2.89. The van der Waals surface area contributed by atoms with Gasteiger partial charge in [-0.15, -0.1) is 0 Å². The molecule has 1 aromatic heterocycles. The summed E-state index contributed by atoms with van der Waals surface area (Å²) in [7, 11) is 1.94. The van der Waals surface area contributed by atoms with Crippen molar-refractivity contribution in [1.29, 1.82) is 0 Å². The van der Waals surface area contributed by atoms with Crippen LogP contribution in [0.15, 0.2) is 71.3 Å². The lowest BCUT2D eigenvalue weighted by Crippen LogP contribution is -2.22. The van der Waals surface area contributed by atoms with Crippen LogP contribution in [0.25, 0.3) is 32.8 Å². The Bertz CT molecular complexity index is 1340. The molecule has 0 bridgehead atoms. The minimum absolute atomic E-state index is 0.358. The number of carbonyl (C=O) groups excluding carboxylic acids is 2. The predicted molar refractivity (Wildman–Crippen MR) is 115 cm³/mol. The van der Waals surface area contributed by atoms with Crippen molar-refractivity contribution in [1.82, 2.24) is 9.88 Å². The zero-order valence-electron chi connectivity index (χ0n) is 15.0. The number of nitrogens with zero attached hydrogens (tertiary/aromatic N) is 1. The second kappa shape index (κ2) is 6.17. The van der Waals surface area contributed by atoms with Crippen LogP contribution < -0.4 is 5.32 Å². The maximum atomic E-state index is 12.8. The Hall–Kier alpha value is -3.18. The molecule has 2 amide bonds. The monoisotopic (exact) mass is 430 g/mol. The zero-order chi connectivity index (χ0) is 19.4. The molecular formula is C23H15BrN2O2. The van der Waals surface area contributed by atoms with Crippen LogP contribution in [0.2, 0.25) is 0 Å². The molecular weight excluding hydrogens is 416 g/mol. The molecule has 1 aliphatic heterocycles. The third kappa shape index (κ3) is 2.43. The largest absolute Gasteiger partial charge is 0.350 e. The maximum Gasteiger partial charge on any atom is 0.259 e. The summed E-state index contributed by atoms with van der Waals surface area (Å²) in [5.41, 5.74) is 3.36. The van der Waals surface area contributed by atoms with Crippen LogP contribution in [0.1, 0.15) is 11.1 Å². The molecule has 0 spiro atoms. The van der Waals surface area contributed by atoms with E-state index in [4.69, 9.17) is 0 Å². The van der Waals surface area contributed by atoms with Crippen LogP contribution in [0.5, 0.6) is 0 Å². The number of carbonyl (C=O) groups is 2. The Morgan fingerprint density at radius 3 is 2.36 bits per heavy atom. The van der Waals surface area contributed by atoms with Crippen molar-refractivity contribution in [2.45, 2.75) is 0 Å². The number of hydrogen-bond acceptors (Lipinski definition) is 2. The summed E-state index contributed by atoms with van der Waals surface area (Å²) in [4.78, 5) is 25.6. The van der Waals surface area contributed by atoms with E-state index in [0.717, 1.165) is 37.3 Å². The first-order valence-corrected chi connectivity index (χ1v) is 9.67. The molecule has 28 heavy (non-hydrogen) atoms. The summed E-state index contributed by atoms with van der Waals surface area (Å²) in [6.45, 7) is 0. The van der Waals surface area contributed by atoms with Crippen LogP contribution in [0.4, 0.5) is 0 Å². The second-order valence-corrected chi connectivity index (χ2v) is 7.79. The Morgan fingerprint density at radius 2 is 1.54 bits per heavy atom. The van der Waals surface area contributed by atoms with Crippen LogP contribution in [0, 0.1) is 0 Å². The number of halogens is 1. The smallest absolute Gasteiger partial charge is 0.259 e. The minimum Gasteiger partial charge on any atom is -0.350 e. The molecule has 0 radical (unpaired) electrons. The van der Waals surface area contributed by atoms with Crippen LogP contribution in [0.3, 0.4) is 0 Å². The van der Waals surface area contributed by atoms with Gasteiger partial charge in [0.2, 0.25) is 0 Å². The van der Waals surface area contributed by atoms with Gasteiger partial charge in [0.1, 0.15) is 0 Å². The molecule has 136 valence electrons. The van der Waals surface area contributed by atoms with E-state index in [0.29, 0.717) is 11.1 Å².